The Balaban J connectivity index is 1.73. The molecule has 1 aromatic heterocycles. The minimum atomic E-state index is -0.446. The molecule has 2 unspecified atom stereocenters. The van der Waals surface area contributed by atoms with E-state index in [9.17, 15) is 14.0 Å². The highest BCUT2D eigenvalue weighted by Crippen LogP contribution is 2.29. The van der Waals surface area contributed by atoms with Crippen LogP contribution < -0.4 is 5.32 Å². The molecule has 2 heterocycles. The minimum absolute atomic E-state index is 0.0245. The number of carbonyl (C=O) groups is 2. The summed E-state index contributed by atoms with van der Waals surface area (Å²) in [5.41, 5.74) is 2.27. The number of nitrogens with zero attached hydrogens (tertiary/aromatic N) is 2. The number of rotatable bonds is 6. The van der Waals surface area contributed by atoms with E-state index in [0.29, 0.717) is 36.2 Å². The summed E-state index contributed by atoms with van der Waals surface area (Å²) < 4.78 is 14.9. The molecule has 0 aliphatic carbocycles. The van der Waals surface area contributed by atoms with Gasteiger partial charge in [0.15, 0.2) is 0 Å². The van der Waals surface area contributed by atoms with Crippen LogP contribution in [0.1, 0.15) is 57.2 Å². The maximum Gasteiger partial charge on any atom is 0.243 e. The van der Waals surface area contributed by atoms with Crippen molar-refractivity contribution >= 4 is 11.8 Å². The third-order valence-electron chi connectivity index (χ3n) is 5.50. The van der Waals surface area contributed by atoms with Crippen molar-refractivity contribution in [1.82, 2.24) is 20.4 Å². The van der Waals surface area contributed by atoms with Gasteiger partial charge in [0.2, 0.25) is 11.8 Å². The molecule has 1 aromatic carbocycles. The normalized spacial score (nSPS) is 17.6. The van der Waals surface area contributed by atoms with Gasteiger partial charge in [-0.15, -0.1) is 0 Å². The zero-order valence-corrected chi connectivity index (χ0v) is 17.5. The first kappa shape index (κ1) is 21.0. The van der Waals surface area contributed by atoms with Gasteiger partial charge in [0.05, 0.1) is 11.7 Å². The molecule has 1 saturated heterocycles. The summed E-state index contributed by atoms with van der Waals surface area (Å²) in [6.07, 6.45) is 3.50. The number of hydrogen-bond donors (Lipinski definition) is 2. The van der Waals surface area contributed by atoms with Gasteiger partial charge in [-0.3, -0.25) is 14.7 Å². The smallest absolute Gasteiger partial charge is 0.243 e. The molecular formula is C22H29FN4O2. The fourth-order valence-corrected chi connectivity index (χ4v) is 3.97. The molecule has 0 bridgehead atoms. The second-order valence-electron chi connectivity index (χ2n) is 8.19. The first-order chi connectivity index (χ1) is 13.8. The van der Waals surface area contributed by atoms with Crippen molar-refractivity contribution in [2.75, 3.05) is 6.54 Å². The first-order valence-electron chi connectivity index (χ1n) is 10.2. The van der Waals surface area contributed by atoms with Gasteiger partial charge in [-0.2, -0.15) is 5.10 Å². The molecule has 7 heteroatoms. The van der Waals surface area contributed by atoms with Gasteiger partial charge in [0, 0.05) is 24.7 Å². The standard InChI is InChI=1S/C22H29FN4O2/c1-13(2)12-20(28)27-11-5-6-19(27)22(29)25-15(4)16-7-8-17(21(23)14(16)3)18-9-10-24-26-18/h7-10,13,15,19H,5-6,11-12H2,1-4H3,(H,24,26)(H,25,29). The number of nitrogens with one attached hydrogen (secondary N) is 2. The van der Waals surface area contributed by atoms with Crippen LogP contribution >= 0.6 is 0 Å². The molecule has 0 radical (unpaired) electrons. The zero-order valence-electron chi connectivity index (χ0n) is 17.5. The van der Waals surface area contributed by atoms with Crippen LogP contribution in [-0.2, 0) is 9.59 Å². The van der Waals surface area contributed by atoms with Crippen LogP contribution in [0.2, 0.25) is 0 Å². The number of carbonyl (C=O) groups excluding carboxylic acids is 2. The Hall–Kier alpha value is -2.70. The van der Waals surface area contributed by atoms with Gasteiger partial charge < -0.3 is 10.2 Å². The number of aromatic nitrogens is 2. The van der Waals surface area contributed by atoms with Gasteiger partial charge in [-0.05, 0) is 55.9 Å². The van der Waals surface area contributed by atoms with E-state index in [4.69, 9.17) is 0 Å². The van der Waals surface area contributed by atoms with Gasteiger partial charge in [0.1, 0.15) is 11.9 Å². The topological polar surface area (TPSA) is 78.1 Å². The van der Waals surface area contributed by atoms with Crippen molar-refractivity contribution in [1.29, 1.82) is 0 Å². The van der Waals surface area contributed by atoms with Crippen LogP contribution in [0.3, 0.4) is 0 Å². The lowest BCUT2D eigenvalue weighted by Gasteiger charge is -2.27. The van der Waals surface area contributed by atoms with Gasteiger partial charge in [-0.1, -0.05) is 19.9 Å². The van der Waals surface area contributed by atoms with E-state index in [1.807, 2.05) is 26.8 Å². The molecule has 1 fully saturated rings. The van der Waals surface area contributed by atoms with Crippen LogP contribution in [0.5, 0.6) is 0 Å². The van der Waals surface area contributed by atoms with Crippen molar-refractivity contribution < 1.29 is 14.0 Å². The fraction of sp³-hybridized carbons (Fsp3) is 0.500. The van der Waals surface area contributed by atoms with Gasteiger partial charge in [0.25, 0.3) is 0 Å². The highest BCUT2D eigenvalue weighted by atomic mass is 19.1. The molecule has 6 nitrogen and oxygen atoms in total. The van der Waals surface area contributed by atoms with E-state index in [0.717, 1.165) is 12.0 Å². The molecule has 156 valence electrons. The monoisotopic (exact) mass is 400 g/mol. The van der Waals surface area contributed by atoms with Crippen molar-refractivity contribution in [3.8, 4) is 11.3 Å². The molecule has 2 N–H and O–H groups in total. The Morgan fingerprint density at radius 2 is 2.07 bits per heavy atom. The van der Waals surface area contributed by atoms with Gasteiger partial charge in [-0.25, -0.2) is 4.39 Å². The molecular weight excluding hydrogens is 371 g/mol. The predicted molar refractivity (Wildman–Crippen MR) is 109 cm³/mol. The Kier molecular flexibility index (Phi) is 6.35. The molecule has 2 amide bonds. The Bertz CT molecular complexity index is 879. The molecule has 3 rings (SSSR count). The van der Waals surface area contributed by atoms with Crippen LogP contribution in [0, 0.1) is 18.7 Å². The number of amides is 2. The Morgan fingerprint density at radius 3 is 2.72 bits per heavy atom. The third kappa shape index (κ3) is 4.49. The van der Waals surface area contributed by atoms with E-state index in [2.05, 4.69) is 15.5 Å². The molecule has 0 spiro atoms. The Morgan fingerprint density at radius 1 is 1.31 bits per heavy atom. The molecule has 0 saturated carbocycles. The highest BCUT2D eigenvalue weighted by molar-refractivity contribution is 5.88. The quantitative estimate of drug-likeness (QED) is 0.775. The Labute approximate surface area is 170 Å². The third-order valence-corrected chi connectivity index (χ3v) is 5.50. The number of halogens is 1. The summed E-state index contributed by atoms with van der Waals surface area (Å²) in [5.74, 6) is -0.229. The summed E-state index contributed by atoms with van der Waals surface area (Å²) in [6.45, 7) is 8.15. The molecule has 1 aliphatic heterocycles. The number of likely N-dealkylation sites (tertiary alicyclic amines) is 1. The lowest BCUT2D eigenvalue weighted by Crippen LogP contribution is -2.46. The second kappa shape index (κ2) is 8.76. The first-order valence-corrected chi connectivity index (χ1v) is 10.2. The number of H-pyrrole nitrogens is 1. The second-order valence-corrected chi connectivity index (χ2v) is 8.19. The lowest BCUT2D eigenvalue weighted by atomic mass is 9.97. The molecule has 2 atom stereocenters. The molecule has 2 aromatic rings. The van der Waals surface area contributed by atoms with Crippen molar-refractivity contribution in [2.45, 2.75) is 59.0 Å². The maximum absolute atomic E-state index is 14.9. The van der Waals surface area contributed by atoms with E-state index < -0.39 is 6.04 Å². The van der Waals surface area contributed by atoms with Crippen molar-refractivity contribution in [3.05, 3.63) is 41.3 Å². The summed E-state index contributed by atoms with van der Waals surface area (Å²) in [5, 5.41) is 9.62. The number of hydrogen-bond acceptors (Lipinski definition) is 3. The molecule has 1 aliphatic rings. The van der Waals surface area contributed by atoms with Crippen LogP contribution in [0.4, 0.5) is 4.39 Å². The van der Waals surface area contributed by atoms with E-state index in [1.165, 1.54) is 0 Å². The zero-order chi connectivity index (χ0) is 21.1. The van der Waals surface area contributed by atoms with Crippen LogP contribution in [-0.4, -0.2) is 39.5 Å². The van der Waals surface area contributed by atoms with E-state index in [-0.39, 0.29) is 29.6 Å². The number of benzene rings is 1. The largest absolute Gasteiger partial charge is 0.348 e. The van der Waals surface area contributed by atoms with Crippen molar-refractivity contribution in [2.24, 2.45) is 5.92 Å². The SMILES string of the molecule is Cc1c(C(C)NC(=O)C2CCCN2C(=O)CC(C)C)ccc(-c2ccn[nH]2)c1F. The van der Waals surface area contributed by atoms with E-state index >= 15 is 0 Å². The summed E-state index contributed by atoms with van der Waals surface area (Å²) in [4.78, 5) is 27.0. The summed E-state index contributed by atoms with van der Waals surface area (Å²) in [7, 11) is 0. The summed E-state index contributed by atoms with van der Waals surface area (Å²) in [6, 6.07) is 4.43. The van der Waals surface area contributed by atoms with Crippen molar-refractivity contribution in [3.63, 3.8) is 0 Å². The average molecular weight is 400 g/mol. The molecule has 29 heavy (non-hydrogen) atoms. The van der Waals surface area contributed by atoms with E-state index in [1.54, 1.807) is 30.2 Å². The lowest BCUT2D eigenvalue weighted by molar-refractivity contribution is -0.139. The van der Waals surface area contributed by atoms with Gasteiger partial charge >= 0.3 is 0 Å². The average Bonchev–Trinajstić information content (AvgIpc) is 3.35. The highest BCUT2D eigenvalue weighted by Gasteiger charge is 2.34. The predicted octanol–water partition coefficient (Wildman–Crippen LogP) is 3.74. The summed E-state index contributed by atoms with van der Waals surface area (Å²) >= 11 is 0. The minimum Gasteiger partial charge on any atom is -0.348 e. The number of aromatic amines is 1. The van der Waals surface area contributed by atoms with Crippen LogP contribution in [0.15, 0.2) is 24.4 Å². The maximum atomic E-state index is 14.9. The van der Waals surface area contributed by atoms with Crippen LogP contribution in [0.25, 0.3) is 11.3 Å². The fourth-order valence-electron chi connectivity index (χ4n) is 3.97.